The summed E-state index contributed by atoms with van der Waals surface area (Å²) in [5, 5.41) is 1.57. The summed E-state index contributed by atoms with van der Waals surface area (Å²) >= 11 is 6.21. The van der Waals surface area contributed by atoms with Crippen molar-refractivity contribution in [1.82, 2.24) is 9.88 Å². The number of halogens is 4. The average Bonchev–Trinajstić information content (AvgIpc) is 2.55. The summed E-state index contributed by atoms with van der Waals surface area (Å²) in [6, 6.07) is 5.06. The lowest BCUT2D eigenvalue weighted by Crippen LogP contribution is -2.39. The number of benzene rings is 1. The lowest BCUT2D eigenvalue weighted by atomic mass is 10.1. The Hall–Kier alpha value is -1.73. The summed E-state index contributed by atoms with van der Waals surface area (Å²) in [4.78, 5) is 16.1. The third kappa shape index (κ3) is 4.67. The molecular weight excluding hydrogens is 357 g/mol. The Bertz CT molecular complexity index is 799. The second-order valence-electron chi connectivity index (χ2n) is 6.20. The van der Waals surface area contributed by atoms with E-state index >= 15 is 0 Å². The molecule has 1 aromatic carbocycles. The van der Waals surface area contributed by atoms with Crippen molar-refractivity contribution >= 4 is 22.4 Å². The topological polar surface area (TPSA) is 45.3 Å². The van der Waals surface area contributed by atoms with Crippen LogP contribution in [0.5, 0.6) is 5.75 Å². The van der Waals surface area contributed by atoms with Gasteiger partial charge in [0.05, 0.1) is 11.4 Å². The highest BCUT2D eigenvalue weighted by atomic mass is 35.5. The van der Waals surface area contributed by atoms with Crippen LogP contribution >= 0.6 is 11.6 Å². The monoisotopic (exact) mass is 374 g/mol. The van der Waals surface area contributed by atoms with Crippen LogP contribution in [-0.2, 0) is 0 Å². The number of ether oxygens (including phenoxy) is 1. The maximum absolute atomic E-state index is 12.3. The van der Waals surface area contributed by atoms with Crippen molar-refractivity contribution in [3.05, 3.63) is 39.8 Å². The van der Waals surface area contributed by atoms with E-state index in [2.05, 4.69) is 4.98 Å². The van der Waals surface area contributed by atoms with Crippen LogP contribution in [0.2, 0.25) is 5.02 Å². The third-order valence-corrected chi connectivity index (χ3v) is 4.66. The number of H-pyrrole nitrogens is 1. The highest BCUT2D eigenvalue weighted by Gasteiger charge is 2.29. The van der Waals surface area contributed by atoms with E-state index in [1.54, 1.807) is 29.3 Å². The maximum atomic E-state index is 12.3. The normalized spacial score (nSPS) is 17.1. The Morgan fingerprint density at radius 3 is 2.68 bits per heavy atom. The molecule has 1 aliphatic heterocycles. The number of nitrogens with zero attached hydrogens (tertiary/aromatic N) is 1. The van der Waals surface area contributed by atoms with Crippen molar-refractivity contribution < 1.29 is 17.9 Å². The molecule has 1 aliphatic rings. The molecule has 25 heavy (non-hydrogen) atoms. The van der Waals surface area contributed by atoms with Crippen LogP contribution in [0.1, 0.15) is 19.3 Å². The molecule has 2 heterocycles. The zero-order valence-electron chi connectivity index (χ0n) is 13.4. The number of fused-ring (bicyclic) bond motifs is 1. The average molecular weight is 375 g/mol. The quantitative estimate of drug-likeness (QED) is 0.880. The number of likely N-dealkylation sites (tertiary alicyclic amines) is 1. The first-order valence-electron chi connectivity index (χ1n) is 8.08. The van der Waals surface area contributed by atoms with Crippen molar-refractivity contribution in [2.75, 3.05) is 19.6 Å². The fraction of sp³-hybridized carbons (Fsp3) is 0.471. The minimum Gasteiger partial charge on any atom is -0.489 e. The summed E-state index contributed by atoms with van der Waals surface area (Å²) in [7, 11) is 0. The number of aromatic nitrogens is 1. The number of nitrogens with one attached hydrogen (secondary N) is 1. The number of hydrogen-bond donors (Lipinski definition) is 1. The standard InChI is InChI=1S/C17H18ClF3N2O2/c18-14-10-13-11(1-5-22-16(13)24)9-15(14)25-12-2-6-23(7-3-12)8-4-17(19,20)21/h1,5,9-10,12H,2-4,6-8H2,(H,22,24). The molecule has 136 valence electrons. The van der Waals surface area contributed by atoms with E-state index < -0.39 is 12.6 Å². The van der Waals surface area contributed by atoms with Gasteiger partial charge in [-0.25, -0.2) is 0 Å². The molecule has 2 aromatic rings. The maximum Gasteiger partial charge on any atom is 0.390 e. The van der Waals surface area contributed by atoms with Gasteiger partial charge in [-0.15, -0.1) is 0 Å². The summed E-state index contributed by atoms with van der Waals surface area (Å²) in [5.41, 5.74) is -0.219. The molecule has 1 fully saturated rings. The highest BCUT2D eigenvalue weighted by molar-refractivity contribution is 6.32. The van der Waals surface area contributed by atoms with Gasteiger partial charge < -0.3 is 14.6 Å². The van der Waals surface area contributed by atoms with Gasteiger partial charge in [-0.3, -0.25) is 4.79 Å². The fourth-order valence-electron chi connectivity index (χ4n) is 2.99. The molecule has 0 aliphatic carbocycles. The van der Waals surface area contributed by atoms with Crippen molar-refractivity contribution in [3.8, 4) is 5.75 Å². The molecule has 1 aromatic heterocycles. The summed E-state index contributed by atoms with van der Waals surface area (Å²) in [5.74, 6) is 0.494. The fourth-order valence-corrected chi connectivity index (χ4v) is 3.20. The van der Waals surface area contributed by atoms with Crippen LogP contribution in [-0.4, -0.2) is 41.8 Å². The molecular formula is C17H18ClF3N2O2. The molecule has 4 nitrogen and oxygen atoms in total. The Kier molecular flexibility index (Phi) is 5.24. The molecule has 0 unspecified atom stereocenters. The van der Waals surface area contributed by atoms with Gasteiger partial charge in [-0.05, 0) is 36.4 Å². The van der Waals surface area contributed by atoms with Gasteiger partial charge in [0.15, 0.2) is 0 Å². The molecule has 8 heteroatoms. The molecule has 3 rings (SSSR count). The molecule has 0 radical (unpaired) electrons. The summed E-state index contributed by atoms with van der Waals surface area (Å²) < 4.78 is 42.8. The zero-order chi connectivity index (χ0) is 18.0. The van der Waals surface area contributed by atoms with Crippen LogP contribution in [0.15, 0.2) is 29.2 Å². The first-order chi connectivity index (χ1) is 11.8. The molecule has 0 amide bonds. The number of pyridine rings is 1. The van der Waals surface area contributed by atoms with Gasteiger partial charge in [-0.1, -0.05) is 11.6 Å². The number of aromatic amines is 1. The Labute approximate surface area is 147 Å². The number of rotatable bonds is 4. The van der Waals surface area contributed by atoms with Gasteiger partial charge in [0.2, 0.25) is 0 Å². The van der Waals surface area contributed by atoms with Gasteiger partial charge in [0, 0.05) is 31.2 Å². The van der Waals surface area contributed by atoms with Crippen LogP contribution < -0.4 is 10.3 Å². The van der Waals surface area contributed by atoms with Crippen molar-refractivity contribution in [2.24, 2.45) is 0 Å². The molecule has 0 saturated carbocycles. The van der Waals surface area contributed by atoms with Gasteiger partial charge in [0.25, 0.3) is 5.56 Å². The van der Waals surface area contributed by atoms with Crippen molar-refractivity contribution in [1.29, 1.82) is 0 Å². The highest BCUT2D eigenvalue weighted by Crippen LogP contribution is 2.31. The van der Waals surface area contributed by atoms with E-state index in [0.717, 1.165) is 5.39 Å². The van der Waals surface area contributed by atoms with Gasteiger partial charge in [0.1, 0.15) is 11.9 Å². The lowest BCUT2D eigenvalue weighted by molar-refractivity contribution is -0.138. The van der Waals surface area contributed by atoms with E-state index in [4.69, 9.17) is 16.3 Å². The van der Waals surface area contributed by atoms with Crippen LogP contribution in [0.3, 0.4) is 0 Å². The Morgan fingerprint density at radius 1 is 1.28 bits per heavy atom. The smallest absolute Gasteiger partial charge is 0.390 e. The van der Waals surface area contributed by atoms with E-state index in [-0.39, 0.29) is 18.2 Å². The SMILES string of the molecule is O=c1[nH]ccc2cc(OC3CCN(CCC(F)(F)F)CC3)c(Cl)cc12. The minimum absolute atomic E-state index is 0.0235. The van der Waals surface area contributed by atoms with Crippen LogP contribution in [0, 0.1) is 0 Å². The number of piperidine rings is 1. The van der Waals surface area contributed by atoms with Crippen molar-refractivity contribution in [3.63, 3.8) is 0 Å². The summed E-state index contributed by atoms with van der Waals surface area (Å²) in [6.07, 6.45) is -2.17. The second-order valence-corrected chi connectivity index (χ2v) is 6.61. The van der Waals surface area contributed by atoms with E-state index in [1.165, 1.54) is 0 Å². The lowest BCUT2D eigenvalue weighted by Gasteiger charge is -2.32. The predicted octanol–water partition coefficient (Wildman–Crippen LogP) is 3.98. The van der Waals surface area contributed by atoms with E-state index in [1.807, 2.05) is 0 Å². The summed E-state index contributed by atoms with van der Waals surface area (Å²) in [6.45, 7) is 1.15. The minimum atomic E-state index is -4.12. The Morgan fingerprint density at radius 2 is 2.00 bits per heavy atom. The number of hydrogen-bond acceptors (Lipinski definition) is 3. The first-order valence-corrected chi connectivity index (χ1v) is 8.46. The zero-order valence-corrected chi connectivity index (χ0v) is 14.2. The number of alkyl halides is 3. The molecule has 1 N–H and O–H groups in total. The van der Waals surface area contributed by atoms with Crippen LogP contribution in [0.25, 0.3) is 10.8 Å². The predicted molar refractivity (Wildman–Crippen MR) is 90.3 cm³/mol. The molecule has 0 bridgehead atoms. The molecule has 0 spiro atoms. The first kappa shape index (κ1) is 18.1. The molecule has 1 saturated heterocycles. The largest absolute Gasteiger partial charge is 0.489 e. The van der Waals surface area contributed by atoms with E-state index in [0.29, 0.717) is 42.1 Å². The van der Waals surface area contributed by atoms with Gasteiger partial charge in [-0.2, -0.15) is 13.2 Å². The third-order valence-electron chi connectivity index (χ3n) is 4.37. The van der Waals surface area contributed by atoms with E-state index in [9.17, 15) is 18.0 Å². The van der Waals surface area contributed by atoms with Gasteiger partial charge >= 0.3 is 6.18 Å². The second kappa shape index (κ2) is 7.25. The van der Waals surface area contributed by atoms with Crippen molar-refractivity contribution in [2.45, 2.75) is 31.5 Å². The van der Waals surface area contributed by atoms with Crippen LogP contribution in [0.4, 0.5) is 13.2 Å². The Balaban J connectivity index is 1.62. The molecule has 0 atom stereocenters.